The van der Waals surface area contributed by atoms with Crippen LogP contribution in [0.25, 0.3) is 0 Å². The van der Waals surface area contributed by atoms with Crippen molar-refractivity contribution < 1.29 is 13.9 Å². The van der Waals surface area contributed by atoms with Crippen molar-refractivity contribution in [1.29, 1.82) is 0 Å². The first-order valence-electron chi connectivity index (χ1n) is 6.45. The van der Waals surface area contributed by atoms with Gasteiger partial charge in [-0.3, -0.25) is 4.79 Å². The molecule has 0 aromatic heterocycles. The smallest absolute Gasteiger partial charge is 0.265 e. The van der Waals surface area contributed by atoms with E-state index in [2.05, 4.69) is 5.32 Å². The van der Waals surface area contributed by atoms with Crippen molar-refractivity contribution in [2.45, 2.75) is 20.0 Å². The van der Waals surface area contributed by atoms with E-state index in [4.69, 9.17) is 16.3 Å². The van der Waals surface area contributed by atoms with Gasteiger partial charge in [0.15, 0.2) is 6.10 Å². The van der Waals surface area contributed by atoms with Crippen molar-refractivity contribution >= 4 is 23.2 Å². The number of nitrogens with one attached hydrogen (secondary N) is 1. The molecule has 0 aliphatic rings. The predicted molar refractivity (Wildman–Crippen MR) is 81.3 cm³/mol. The van der Waals surface area contributed by atoms with Crippen LogP contribution in [0.1, 0.15) is 12.5 Å². The molecule has 1 unspecified atom stereocenters. The predicted octanol–water partition coefficient (Wildman–Crippen LogP) is 4.19. The number of halogens is 2. The summed E-state index contributed by atoms with van der Waals surface area (Å²) < 4.78 is 18.2. The average Bonchev–Trinajstić information content (AvgIpc) is 2.45. The molecule has 0 fully saturated rings. The molecule has 21 heavy (non-hydrogen) atoms. The minimum absolute atomic E-state index is 0.306. The molecule has 0 aliphatic carbocycles. The summed E-state index contributed by atoms with van der Waals surface area (Å²) >= 11 is 6.00. The maximum atomic E-state index is 12.8. The standard InChI is InChI=1S/C16H15ClFNO2/c1-10-3-6-13(9-15(10)17)19-16(20)11(2)21-14-7-4-12(18)5-8-14/h3-9,11H,1-2H3,(H,19,20). The van der Waals surface area contributed by atoms with Crippen LogP contribution in [0.3, 0.4) is 0 Å². The van der Waals surface area contributed by atoms with E-state index in [1.54, 1.807) is 19.1 Å². The van der Waals surface area contributed by atoms with Crippen LogP contribution in [-0.2, 0) is 4.79 Å². The highest BCUT2D eigenvalue weighted by atomic mass is 35.5. The molecule has 1 amide bonds. The van der Waals surface area contributed by atoms with Crippen LogP contribution in [0.15, 0.2) is 42.5 Å². The number of aryl methyl sites for hydroxylation is 1. The van der Waals surface area contributed by atoms with Crippen LogP contribution in [-0.4, -0.2) is 12.0 Å². The highest BCUT2D eigenvalue weighted by Gasteiger charge is 2.15. The van der Waals surface area contributed by atoms with Gasteiger partial charge in [-0.1, -0.05) is 17.7 Å². The van der Waals surface area contributed by atoms with Crippen molar-refractivity contribution in [2.75, 3.05) is 5.32 Å². The zero-order valence-electron chi connectivity index (χ0n) is 11.7. The second-order valence-electron chi connectivity index (χ2n) is 4.67. The maximum Gasteiger partial charge on any atom is 0.265 e. The van der Waals surface area contributed by atoms with Crippen LogP contribution in [0, 0.1) is 12.7 Å². The third-order valence-corrected chi connectivity index (χ3v) is 3.34. The van der Waals surface area contributed by atoms with Crippen molar-refractivity contribution in [3.05, 3.63) is 58.9 Å². The Morgan fingerprint density at radius 3 is 2.52 bits per heavy atom. The first kappa shape index (κ1) is 15.3. The van der Waals surface area contributed by atoms with Gasteiger partial charge in [-0.15, -0.1) is 0 Å². The van der Waals surface area contributed by atoms with Crippen molar-refractivity contribution in [1.82, 2.24) is 0 Å². The molecule has 0 heterocycles. The normalized spacial score (nSPS) is 11.8. The van der Waals surface area contributed by atoms with E-state index in [1.807, 2.05) is 13.0 Å². The van der Waals surface area contributed by atoms with Gasteiger partial charge in [0.05, 0.1) is 0 Å². The molecular weight excluding hydrogens is 293 g/mol. The van der Waals surface area contributed by atoms with Gasteiger partial charge in [-0.2, -0.15) is 0 Å². The number of carbonyl (C=O) groups excluding carboxylic acids is 1. The van der Waals surface area contributed by atoms with Crippen LogP contribution < -0.4 is 10.1 Å². The molecule has 5 heteroatoms. The Bertz CT molecular complexity index is 643. The monoisotopic (exact) mass is 307 g/mol. The molecule has 2 aromatic rings. The lowest BCUT2D eigenvalue weighted by Crippen LogP contribution is -2.30. The molecule has 0 saturated carbocycles. The zero-order valence-corrected chi connectivity index (χ0v) is 12.4. The highest BCUT2D eigenvalue weighted by Crippen LogP contribution is 2.20. The lowest BCUT2D eigenvalue weighted by atomic mass is 10.2. The summed E-state index contributed by atoms with van der Waals surface area (Å²) in [6.07, 6.45) is -0.712. The Morgan fingerprint density at radius 2 is 1.90 bits per heavy atom. The minimum atomic E-state index is -0.712. The topological polar surface area (TPSA) is 38.3 Å². The molecular formula is C16H15ClFNO2. The number of benzene rings is 2. The largest absolute Gasteiger partial charge is 0.481 e. The molecule has 0 spiro atoms. The van der Waals surface area contributed by atoms with Crippen LogP contribution in [0.4, 0.5) is 10.1 Å². The van der Waals surface area contributed by atoms with E-state index < -0.39 is 6.10 Å². The number of rotatable bonds is 4. The van der Waals surface area contributed by atoms with E-state index in [1.165, 1.54) is 24.3 Å². The molecule has 0 saturated heterocycles. The number of amides is 1. The van der Waals surface area contributed by atoms with E-state index in [0.29, 0.717) is 16.5 Å². The SMILES string of the molecule is Cc1ccc(NC(=O)C(C)Oc2ccc(F)cc2)cc1Cl. The second-order valence-corrected chi connectivity index (χ2v) is 5.07. The van der Waals surface area contributed by atoms with Gasteiger partial charge >= 0.3 is 0 Å². The van der Waals surface area contributed by atoms with Crippen molar-refractivity contribution in [3.8, 4) is 5.75 Å². The first-order valence-corrected chi connectivity index (χ1v) is 6.83. The Morgan fingerprint density at radius 1 is 1.24 bits per heavy atom. The van der Waals surface area contributed by atoms with E-state index >= 15 is 0 Å². The van der Waals surface area contributed by atoms with Crippen molar-refractivity contribution in [2.24, 2.45) is 0 Å². The molecule has 1 N–H and O–H groups in total. The van der Waals surface area contributed by atoms with Gasteiger partial charge in [0.2, 0.25) is 0 Å². The van der Waals surface area contributed by atoms with Crippen LogP contribution in [0.5, 0.6) is 5.75 Å². The van der Waals surface area contributed by atoms with E-state index in [9.17, 15) is 9.18 Å². The number of carbonyl (C=O) groups is 1. The molecule has 2 aromatic carbocycles. The lowest BCUT2D eigenvalue weighted by Gasteiger charge is -2.15. The van der Waals surface area contributed by atoms with Gasteiger partial charge in [-0.25, -0.2) is 4.39 Å². The quantitative estimate of drug-likeness (QED) is 0.919. The van der Waals surface area contributed by atoms with E-state index in [-0.39, 0.29) is 11.7 Å². The fourth-order valence-corrected chi connectivity index (χ4v) is 1.87. The Balaban J connectivity index is 1.98. The molecule has 0 radical (unpaired) electrons. The molecule has 0 aliphatic heterocycles. The minimum Gasteiger partial charge on any atom is -0.481 e. The van der Waals surface area contributed by atoms with Gasteiger partial charge in [0, 0.05) is 10.7 Å². The van der Waals surface area contributed by atoms with Crippen LogP contribution in [0.2, 0.25) is 5.02 Å². The van der Waals surface area contributed by atoms with Gasteiger partial charge in [-0.05, 0) is 55.8 Å². The third-order valence-electron chi connectivity index (χ3n) is 2.94. The molecule has 2 rings (SSSR count). The summed E-state index contributed by atoms with van der Waals surface area (Å²) in [5.74, 6) is -0.228. The fraction of sp³-hybridized carbons (Fsp3) is 0.188. The summed E-state index contributed by atoms with van der Waals surface area (Å²) in [6, 6.07) is 10.8. The number of hydrogen-bond donors (Lipinski definition) is 1. The Hall–Kier alpha value is -2.07. The van der Waals surface area contributed by atoms with Crippen molar-refractivity contribution in [3.63, 3.8) is 0 Å². The molecule has 3 nitrogen and oxygen atoms in total. The first-order chi connectivity index (χ1) is 9.95. The average molecular weight is 308 g/mol. The maximum absolute atomic E-state index is 12.8. The second kappa shape index (κ2) is 6.59. The van der Waals surface area contributed by atoms with Crippen LogP contribution >= 0.6 is 11.6 Å². The lowest BCUT2D eigenvalue weighted by molar-refractivity contribution is -0.122. The zero-order chi connectivity index (χ0) is 15.4. The number of anilines is 1. The molecule has 110 valence electrons. The summed E-state index contributed by atoms with van der Waals surface area (Å²) in [4.78, 5) is 12.0. The van der Waals surface area contributed by atoms with E-state index in [0.717, 1.165) is 5.56 Å². The third kappa shape index (κ3) is 4.20. The van der Waals surface area contributed by atoms with Gasteiger partial charge in [0.25, 0.3) is 5.91 Å². The Kier molecular flexibility index (Phi) is 4.81. The van der Waals surface area contributed by atoms with Gasteiger partial charge < -0.3 is 10.1 Å². The van der Waals surface area contributed by atoms with Gasteiger partial charge in [0.1, 0.15) is 11.6 Å². The summed E-state index contributed by atoms with van der Waals surface area (Å²) in [5.41, 5.74) is 1.54. The number of ether oxygens (including phenoxy) is 1. The highest BCUT2D eigenvalue weighted by molar-refractivity contribution is 6.31. The number of hydrogen-bond acceptors (Lipinski definition) is 2. The molecule has 0 bridgehead atoms. The summed E-state index contributed by atoms with van der Waals surface area (Å²) in [5, 5.41) is 3.30. The summed E-state index contributed by atoms with van der Waals surface area (Å²) in [7, 11) is 0. The molecule has 1 atom stereocenters. The summed E-state index contributed by atoms with van der Waals surface area (Å²) in [6.45, 7) is 3.50. The Labute approximate surface area is 127 Å². The fourth-order valence-electron chi connectivity index (χ4n) is 1.69.